The predicted octanol–water partition coefficient (Wildman–Crippen LogP) is 3.64. The topological polar surface area (TPSA) is 49.7 Å². The van der Waals surface area contributed by atoms with Gasteiger partial charge in [0.1, 0.15) is 11.3 Å². The molecule has 1 aromatic carbocycles. The van der Waals surface area contributed by atoms with Crippen molar-refractivity contribution in [3.63, 3.8) is 0 Å². The van der Waals surface area contributed by atoms with Crippen LogP contribution in [0.2, 0.25) is 5.02 Å². The zero-order valence-electron chi connectivity index (χ0n) is 10.7. The number of benzene rings is 1. The van der Waals surface area contributed by atoms with E-state index in [1.807, 2.05) is 6.07 Å². The lowest BCUT2D eigenvalue weighted by atomic mass is 9.94. The Morgan fingerprint density at radius 2 is 2.00 bits per heavy atom. The molecule has 1 saturated carbocycles. The first-order valence-corrected chi connectivity index (χ1v) is 7.18. The third kappa shape index (κ3) is 2.07. The summed E-state index contributed by atoms with van der Waals surface area (Å²) < 4.78 is 0. The zero-order chi connectivity index (χ0) is 13.5. The highest BCUT2D eigenvalue weighted by atomic mass is 35.5. The number of hydrogen-bond donors (Lipinski definition) is 1. The van der Waals surface area contributed by atoms with E-state index in [0.29, 0.717) is 10.6 Å². The second kappa shape index (κ2) is 4.66. The molecule has 0 atom stereocenters. The minimum Gasteiger partial charge on any atom is -0.506 e. The monoisotopic (exact) mass is 277 g/mol. The maximum atomic E-state index is 10.6. The van der Waals surface area contributed by atoms with Crippen molar-refractivity contribution in [1.82, 2.24) is 0 Å². The average Bonchev–Trinajstić information content (AvgIpc) is 3.18. The summed E-state index contributed by atoms with van der Waals surface area (Å²) in [6.07, 6.45) is 8.56. The molecule has 3 nitrogen and oxygen atoms in total. The van der Waals surface area contributed by atoms with Gasteiger partial charge in [0.15, 0.2) is 0 Å². The summed E-state index contributed by atoms with van der Waals surface area (Å²) in [5.41, 5.74) is 2.44. The highest BCUT2D eigenvalue weighted by molar-refractivity contribution is 6.33. The molecule has 0 unspecified atom stereocenters. The number of phenols is 1. The first-order valence-electron chi connectivity index (χ1n) is 6.81. The molecule has 0 heterocycles. The van der Waals surface area contributed by atoms with E-state index in [4.69, 9.17) is 11.6 Å². The van der Waals surface area contributed by atoms with E-state index in [2.05, 4.69) is 4.99 Å². The summed E-state index contributed by atoms with van der Waals surface area (Å²) in [5, 5.41) is 10.8. The number of fused-ring (bicyclic) bond motifs is 1. The maximum absolute atomic E-state index is 10.6. The fraction of sp³-hybridized carbons (Fsp3) is 0.533. The van der Waals surface area contributed by atoms with Crippen LogP contribution in [0.5, 0.6) is 5.75 Å². The van der Waals surface area contributed by atoms with Crippen LogP contribution < -0.4 is 0 Å². The molecular formula is C15H16ClNO2. The van der Waals surface area contributed by atoms with E-state index in [0.717, 1.165) is 44.1 Å². The number of aromatic hydroxyl groups is 1. The molecule has 1 fully saturated rings. The van der Waals surface area contributed by atoms with Gasteiger partial charge in [0.25, 0.3) is 0 Å². The van der Waals surface area contributed by atoms with E-state index in [1.54, 1.807) is 6.08 Å². The van der Waals surface area contributed by atoms with Gasteiger partial charge < -0.3 is 5.11 Å². The van der Waals surface area contributed by atoms with Crippen molar-refractivity contribution >= 4 is 17.7 Å². The lowest BCUT2D eigenvalue weighted by molar-refractivity contribution is 0.458. The van der Waals surface area contributed by atoms with Gasteiger partial charge in [0, 0.05) is 5.56 Å². The fourth-order valence-electron chi connectivity index (χ4n) is 3.02. The fourth-order valence-corrected chi connectivity index (χ4v) is 3.34. The van der Waals surface area contributed by atoms with Gasteiger partial charge in [-0.15, -0.1) is 0 Å². The van der Waals surface area contributed by atoms with Gasteiger partial charge in [0.2, 0.25) is 6.08 Å². The van der Waals surface area contributed by atoms with Crippen molar-refractivity contribution in [2.75, 3.05) is 0 Å². The Labute approximate surface area is 117 Å². The van der Waals surface area contributed by atoms with Gasteiger partial charge in [-0.1, -0.05) is 18.0 Å². The smallest absolute Gasteiger partial charge is 0.235 e. The van der Waals surface area contributed by atoms with Crippen molar-refractivity contribution in [2.24, 2.45) is 4.99 Å². The van der Waals surface area contributed by atoms with Gasteiger partial charge in [-0.25, -0.2) is 4.79 Å². The third-order valence-electron chi connectivity index (χ3n) is 4.29. The first-order chi connectivity index (χ1) is 9.18. The van der Waals surface area contributed by atoms with Gasteiger partial charge in [-0.05, 0) is 55.7 Å². The predicted molar refractivity (Wildman–Crippen MR) is 73.4 cm³/mol. The quantitative estimate of drug-likeness (QED) is 0.510. The largest absolute Gasteiger partial charge is 0.506 e. The Kier molecular flexibility index (Phi) is 3.12. The summed E-state index contributed by atoms with van der Waals surface area (Å²) in [7, 11) is 0. The number of hydrogen-bond acceptors (Lipinski definition) is 3. The van der Waals surface area contributed by atoms with Crippen LogP contribution in [0.3, 0.4) is 0 Å². The summed E-state index contributed by atoms with van der Waals surface area (Å²) >= 11 is 6.33. The minimum absolute atomic E-state index is 0.110. The van der Waals surface area contributed by atoms with Crippen molar-refractivity contribution in [3.05, 3.63) is 27.8 Å². The summed E-state index contributed by atoms with van der Waals surface area (Å²) in [5.74, 6) is 0.110. The first kappa shape index (κ1) is 12.7. The van der Waals surface area contributed by atoms with Crippen LogP contribution in [0.1, 0.15) is 48.8 Å². The Balaban J connectivity index is 2.14. The molecular weight excluding hydrogens is 262 g/mol. The molecule has 19 heavy (non-hydrogen) atoms. The second-order valence-corrected chi connectivity index (χ2v) is 5.90. The Hall–Kier alpha value is -1.31. The van der Waals surface area contributed by atoms with E-state index in [-0.39, 0.29) is 5.75 Å². The van der Waals surface area contributed by atoms with Crippen LogP contribution >= 0.6 is 11.6 Å². The molecule has 100 valence electrons. The van der Waals surface area contributed by atoms with Crippen LogP contribution in [-0.2, 0) is 23.2 Å². The maximum Gasteiger partial charge on any atom is 0.235 e. The Morgan fingerprint density at radius 3 is 2.68 bits per heavy atom. The molecule has 1 N–H and O–H groups in total. The van der Waals surface area contributed by atoms with Crippen molar-refractivity contribution < 1.29 is 9.90 Å². The molecule has 2 aliphatic rings. The Bertz CT molecular complexity index is 572. The lowest BCUT2D eigenvalue weighted by Gasteiger charge is -2.17. The Morgan fingerprint density at radius 1 is 1.26 bits per heavy atom. The van der Waals surface area contributed by atoms with Gasteiger partial charge in [-0.3, -0.25) is 0 Å². The molecule has 1 aromatic rings. The number of rotatable bonds is 2. The van der Waals surface area contributed by atoms with Crippen LogP contribution in [-0.4, -0.2) is 11.2 Å². The summed E-state index contributed by atoms with van der Waals surface area (Å²) in [6, 6.07) is 2.01. The van der Waals surface area contributed by atoms with Gasteiger partial charge in [0.05, 0.1) is 5.02 Å². The number of carbonyl (C=O) groups excluding carboxylic acids is 1. The molecule has 0 spiro atoms. The van der Waals surface area contributed by atoms with E-state index in [9.17, 15) is 9.90 Å². The van der Waals surface area contributed by atoms with Crippen LogP contribution in [0.4, 0.5) is 0 Å². The third-order valence-corrected chi connectivity index (χ3v) is 4.70. The molecule has 0 amide bonds. The lowest BCUT2D eigenvalue weighted by Crippen LogP contribution is -2.06. The standard InChI is InChI=1S/C15H16ClNO2/c16-13-11-5-3-1-2-4-10(11)8-12(14(13)19)15(6-7-15)17-9-18/h8,19H,1-7H2. The zero-order valence-corrected chi connectivity index (χ0v) is 11.5. The average molecular weight is 278 g/mol. The number of aliphatic imine (C=N–C) groups is 1. The highest BCUT2D eigenvalue weighted by Gasteiger charge is 2.47. The van der Waals surface area contributed by atoms with Crippen molar-refractivity contribution in [2.45, 2.75) is 50.5 Å². The van der Waals surface area contributed by atoms with E-state index >= 15 is 0 Å². The van der Waals surface area contributed by atoms with Crippen LogP contribution in [0.25, 0.3) is 0 Å². The molecule has 0 aliphatic heterocycles. The van der Waals surface area contributed by atoms with Crippen LogP contribution in [0.15, 0.2) is 11.1 Å². The SMILES string of the molecule is O=C=NC1(c2cc3c(c(Cl)c2O)CCCCC3)CC1. The molecule has 0 radical (unpaired) electrons. The molecule has 4 heteroatoms. The molecule has 3 rings (SSSR count). The number of aryl methyl sites for hydroxylation is 1. The second-order valence-electron chi connectivity index (χ2n) is 5.52. The molecule has 2 aliphatic carbocycles. The molecule has 0 saturated heterocycles. The minimum atomic E-state index is -0.559. The van der Waals surface area contributed by atoms with Crippen molar-refractivity contribution in [3.8, 4) is 5.75 Å². The van der Waals surface area contributed by atoms with E-state index < -0.39 is 5.54 Å². The number of isocyanates is 1. The van der Waals surface area contributed by atoms with Crippen molar-refractivity contribution in [1.29, 1.82) is 0 Å². The normalized spacial score (nSPS) is 20.1. The molecule has 0 aromatic heterocycles. The van der Waals surface area contributed by atoms with Gasteiger partial charge in [-0.2, -0.15) is 4.99 Å². The summed E-state index contributed by atoms with van der Waals surface area (Å²) in [4.78, 5) is 14.5. The van der Waals surface area contributed by atoms with Crippen LogP contribution in [0, 0.1) is 0 Å². The number of nitrogens with zero attached hydrogens (tertiary/aromatic N) is 1. The number of halogens is 1. The van der Waals surface area contributed by atoms with E-state index in [1.165, 1.54) is 12.0 Å². The number of phenolic OH excluding ortho intramolecular Hbond substituents is 1. The highest BCUT2D eigenvalue weighted by Crippen LogP contribution is 2.54. The summed E-state index contributed by atoms with van der Waals surface area (Å²) in [6.45, 7) is 0. The molecule has 0 bridgehead atoms. The van der Waals surface area contributed by atoms with Gasteiger partial charge >= 0.3 is 0 Å².